The van der Waals surface area contributed by atoms with E-state index in [4.69, 9.17) is 10.2 Å². The fraction of sp³-hybridized carbons (Fsp3) is 0.286. The van der Waals surface area contributed by atoms with Crippen LogP contribution in [0.15, 0.2) is 60.9 Å². The van der Waals surface area contributed by atoms with E-state index in [1.807, 2.05) is 36.7 Å². The molecule has 4 aromatic rings. The van der Waals surface area contributed by atoms with Crippen LogP contribution in [-0.2, 0) is 22.4 Å². The molecular formula is C28H36N4O6. The molecule has 0 atom stereocenters. The monoisotopic (exact) mass is 524 g/mol. The van der Waals surface area contributed by atoms with Crippen molar-refractivity contribution in [1.82, 2.24) is 19.8 Å². The predicted molar refractivity (Wildman–Crippen MR) is 149 cm³/mol. The minimum Gasteiger partial charge on any atom is -0.507 e. The zero-order valence-electron chi connectivity index (χ0n) is 22.1. The number of likely N-dealkylation sites (N-methyl/N-ethyl adjacent to an activating group) is 2. The molecule has 6 N–H and O–H groups in total. The first-order valence-electron chi connectivity index (χ1n) is 12.0. The number of hydrogen-bond acceptors (Lipinski definition) is 6. The van der Waals surface area contributed by atoms with E-state index in [0.717, 1.165) is 47.7 Å². The maximum Gasteiger partial charge on any atom is 0.328 e. The second-order valence-corrected chi connectivity index (χ2v) is 9.14. The zero-order chi connectivity index (χ0) is 28.2. The van der Waals surface area contributed by atoms with Gasteiger partial charge in [0.2, 0.25) is 0 Å². The fourth-order valence-corrected chi connectivity index (χ4v) is 3.69. The van der Waals surface area contributed by atoms with Crippen LogP contribution in [0.4, 0.5) is 0 Å². The van der Waals surface area contributed by atoms with Gasteiger partial charge in [0.1, 0.15) is 11.5 Å². The Bertz CT molecular complexity index is 1270. The van der Waals surface area contributed by atoms with Crippen molar-refractivity contribution < 1.29 is 30.0 Å². The molecule has 0 fully saturated rings. The number of H-pyrrole nitrogens is 2. The highest BCUT2D eigenvalue weighted by atomic mass is 16.4. The third-order valence-corrected chi connectivity index (χ3v) is 5.56. The number of nitrogens with one attached hydrogen (secondary N) is 2. The van der Waals surface area contributed by atoms with Crippen molar-refractivity contribution in [3.05, 3.63) is 72.1 Å². The van der Waals surface area contributed by atoms with Gasteiger partial charge in [0.15, 0.2) is 0 Å². The molecule has 204 valence electrons. The van der Waals surface area contributed by atoms with Crippen LogP contribution in [0.3, 0.4) is 0 Å². The Kier molecular flexibility index (Phi) is 11.4. The van der Waals surface area contributed by atoms with Crippen molar-refractivity contribution in [2.24, 2.45) is 0 Å². The summed E-state index contributed by atoms with van der Waals surface area (Å²) in [6.07, 6.45) is 6.97. The largest absolute Gasteiger partial charge is 0.507 e. The second-order valence-electron chi connectivity index (χ2n) is 9.14. The Morgan fingerprint density at radius 3 is 1.39 bits per heavy atom. The Morgan fingerprint density at radius 1 is 0.711 bits per heavy atom. The smallest absolute Gasteiger partial charge is 0.328 e. The Hall–Kier alpha value is -4.28. The summed E-state index contributed by atoms with van der Waals surface area (Å²) >= 11 is 0. The molecule has 4 rings (SSSR count). The van der Waals surface area contributed by atoms with Crippen molar-refractivity contribution in [2.45, 2.75) is 12.8 Å². The summed E-state index contributed by atoms with van der Waals surface area (Å²) in [5.74, 6) is -1.79. The number of rotatable bonds is 8. The molecule has 0 saturated carbocycles. The van der Waals surface area contributed by atoms with Gasteiger partial charge in [0, 0.05) is 59.4 Å². The van der Waals surface area contributed by atoms with Crippen molar-refractivity contribution in [1.29, 1.82) is 0 Å². The topological polar surface area (TPSA) is 153 Å². The lowest BCUT2D eigenvalue weighted by Gasteiger charge is -2.08. The van der Waals surface area contributed by atoms with Gasteiger partial charge in [-0.15, -0.1) is 0 Å². The van der Waals surface area contributed by atoms with E-state index in [-0.39, 0.29) is 0 Å². The van der Waals surface area contributed by atoms with E-state index >= 15 is 0 Å². The van der Waals surface area contributed by atoms with Crippen LogP contribution in [0.2, 0.25) is 0 Å². The highest BCUT2D eigenvalue weighted by molar-refractivity contribution is 5.90. The van der Waals surface area contributed by atoms with Crippen LogP contribution < -0.4 is 0 Å². The molecule has 0 aliphatic heterocycles. The second kappa shape index (κ2) is 14.5. The summed E-state index contributed by atoms with van der Waals surface area (Å²) in [6, 6.07) is 11.1. The first kappa shape index (κ1) is 29.9. The number of carbonyl (C=O) groups is 2. The lowest BCUT2D eigenvalue weighted by atomic mass is 10.1. The molecule has 10 heteroatoms. The molecule has 0 saturated heterocycles. The molecule has 0 spiro atoms. The first-order valence-corrected chi connectivity index (χ1v) is 12.0. The molecule has 2 aromatic carbocycles. The molecule has 0 amide bonds. The van der Waals surface area contributed by atoms with Gasteiger partial charge in [-0.05, 0) is 76.4 Å². The van der Waals surface area contributed by atoms with Crippen molar-refractivity contribution in [2.75, 3.05) is 41.3 Å². The number of aromatic amines is 2. The number of phenols is 2. The van der Waals surface area contributed by atoms with Crippen molar-refractivity contribution in [3.63, 3.8) is 0 Å². The van der Waals surface area contributed by atoms with Crippen LogP contribution in [-0.4, -0.2) is 93.4 Å². The molecule has 2 heterocycles. The van der Waals surface area contributed by atoms with Gasteiger partial charge in [-0.3, -0.25) is 0 Å². The van der Waals surface area contributed by atoms with Crippen LogP contribution in [0.25, 0.3) is 21.8 Å². The molecule has 2 aromatic heterocycles. The highest BCUT2D eigenvalue weighted by Gasteiger charge is 2.08. The van der Waals surface area contributed by atoms with Gasteiger partial charge < -0.3 is 40.2 Å². The van der Waals surface area contributed by atoms with E-state index < -0.39 is 11.9 Å². The Balaban J connectivity index is 0.000000211. The highest BCUT2D eigenvalue weighted by Crippen LogP contribution is 2.28. The fourth-order valence-electron chi connectivity index (χ4n) is 3.69. The van der Waals surface area contributed by atoms with Gasteiger partial charge in [-0.25, -0.2) is 9.59 Å². The van der Waals surface area contributed by atoms with E-state index in [0.29, 0.717) is 23.7 Å². The summed E-state index contributed by atoms with van der Waals surface area (Å²) in [5.41, 5.74) is 4.36. The van der Waals surface area contributed by atoms with Crippen LogP contribution in [0, 0.1) is 0 Å². The van der Waals surface area contributed by atoms with E-state index in [9.17, 15) is 19.8 Å². The van der Waals surface area contributed by atoms with Crippen molar-refractivity contribution in [3.8, 4) is 11.5 Å². The normalized spacial score (nSPS) is 11.0. The quantitative estimate of drug-likeness (QED) is 0.191. The number of phenolic OH excluding ortho intramolecular Hbond substituents is 2. The lowest BCUT2D eigenvalue weighted by Crippen LogP contribution is -2.14. The number of hydrogen-bond donors (Lipinski definition) is 6. The van der Waals surface area contributed by atoms with Crippen LogP contribution in [0.5, 0.6) is 11.5 Å². The minimum absolute atomic E-state index is 0.363. The molecule has 0 unspecified atom stereocenters. The summed E-state index contributed by atoms with van der Waals surface area (Å²) in [6.45, 7) is 1.97. The average Bonchev–Trinajstić information content (AvgIpc) is 3.46. The number of carboxylic acid groups (broad SMARTS) is 2. The number of aliphatic carboxylic acids is 2. The third kappa shape index (κ3) is 9.30. The summed E-state index contributed by atoms with van der Waals surface area (Å²) in [7, 11) is 8.20. The molecule has 0 radical (unpaired) electrons. The average molecular weight is 525 g/mol. The maximum absolute atomic E-state index is 9.77. The van der Waals surface area contributed by atoms with Crippen molar-refractivity contribution >= 4 is 33.7 Å². The maximum atomic E-state index is 9.77. The SMILES string of the molecule is CN(C)CCc1c[nH]c2cccc(O)c12.CN(C)CCc1c[nH]c2cccc(O)c12.O=C(O)/C=C/C(=O)O. The molecular weight excluding hydrogens is 488 g/mol. The molecule has 0 aliphatic carbocycles. The van der Waals surface area contributed by atoms with E-state index in [1.165, 1.54) is 11.1 Å². The molecule has 0 bridgehead atoms. The van der Waals surface area contributed by atoms with Gasteiger partial charge in [-0.2, -0.15) is 0 Å². The summed E-state index contributed by atoms with van der Waals surface area (Å²) < 4.78 is 0. The number of aromatic hydroxyl groups is 2. The number of carboxylic acids is 2. The summed E-state index contributed by atoms with van der Waals surface area (Å²) in [4.78, 5) is 29.7. The number of nitrogens with zero attached hydrogens (tertiary/aromatic N) is 2. The molecule has 0 aliphatic rings. The standard InChI is InChI=1S/2C12H16N2O.C4H4O4/c2*1-14(2)7-6-9-8-13-10-4-3-5-11(15)12(9)10;5-3(6)1-2-4(7)8/h2*3-5,8,13,15H,6-7H2,1-2H3;1-2H,(H,5,6)(H,7,8)/b;;2-1+. The molecule has 38 heavy (non-hydrogen) atoms. The van der Waals surface area contributed by atoms with Gasteiger partial charge >= 0.3 is 11.9 Å². The van der Waals surface area contributed by atoms with Crippen LogP contribution in [0.1, 0.15) is 11.1 Å². The predicted octanol–water partition coefficient (Wildman–Crippen LogP) is 3.67. The Labute approximate surface area is 221 Å². The molecule has 10 nitrogen and oxygen atoms in total. The minimum atomic E-state index is -1.26. The van der Waals surface area contributed by atoms with Gasteiger partial charge in [0.25, 0.3) is 0 Å². The summed E-state index contributed by atoms with van der Waals surface area (Å²) in [5, 5.41) is 37.1. The lowest BCUT2D eigenvalue weighted by molar-refractivity contribution is -0.134. The van der Waals surface area contributed by atoms with Gasteiger partial charge in [-0.1, -0.05) is 12.1 Å². The number of benzene rings is 2. The van der Waals surface area contributed by atoms with Crippen LogP contribution >= 0.6 is 0 Å². The van der Waals surface area contributed by atoms with E-state index in [1.54, 1.807) is 12.1 Å². The Morgan fingerprint density at radius 2 is 1.08 bits per heavy atom. The first-order chi connectivity index (χ1) is 18.0. The number of fused-ring (bicyclic) bond motifs is 2. The third-order valence-electron chi connectivity index (χ3n) is 5.56. The number of aromatic nitrogens is 2. The van der Waals surface area contributed by atoms with E-state index in [2.05, 4.69) is 48.0 Å². The van der Waals surface area contributed by atoms with Gasteiger partial charge in [0.05, 0.1) is 0 Å². The zero-order valence-corrected chi connectivity index (χ0v) is 22.1.